The number of carbonyl (C=O) groups is 1. The van der Waals surface area contributed by atoms with E-state index >= 15 is 0 Å². The lowest BCUT2D eigenvalue weighted by Gasteiger charge is -2.20. The SMILES string of the molecule is COCCNC(=O)Cc1c(C)c2c([nH]c1=O)C=CN[C]2C#N. The molecule has 0 saturated carbocycles. The Bertz CT molecular complexity index is 700. The minimum absolute atomic E-state index is 0.0411. The Kier molecular flexibility index (Phi) is 4.96. The Hall–Kier alpha value is -2.59. The molecule has 0 atom stereocenters. The molecule has 1 aromatic rings. The van der Waals surface area contributed by atoms with Crippen LogP contribution in [0.5, 0.6) is 0 Å². The Morgan fingerprint density at radius 2 is 2.27 bits per heavy atom. The molecule has 22 heavy (non-hydrogen) atoms. The average molecular weight is 301 g/mol. The predicted molar refractivity (Wildman–Crippen MR) is 80.5 cm³/mol. The number of rotatable bonds is 5. The van der Waals surface area contributed by atoms with Crippen LogP contribution in [0.3, 0.4) is 0 Å². The second-order valence-electron chi connectivity index (χ2n) is 4.83. The van der Waals surface area contributed by atoms with E-state index in [9.17, 15) is 14.9 Å². The Morgan fingerprint density at radius 3 is 2.95 bits per heavy atom. The fraction of sp³-hybridized carbons (Fsp3) is 0.333. The number of pyridine rings is 1. The average Bonchev–Trinajstić information content (AvgIpc) is 2.51. The number of H-pyrrole nitrogens is 1. The standard InChI is InChI=1S/C15H17N4O3/c1-9-10(7-13(20)18-5-6-22-2)15(21)19-11-3-4-17-12(8-16)14(9)11/h3-4,17H,5-7H2,1-2H3,(H,18,20)(H,19,21). The van der Waals surface area contributed by atoms with Crippen molar-refractivity contribution in [1.29, 1.82) is 5.26 Å². The van der Waals surface area contributed by atoms with Gasteiger partial charge in [-0.25, -0.2) is 0 Å². The molecule has 0 fully saturated rings. The van der Waals surface area contributed by atoms with Crippen LogP contribution in [0.25, 0.3) is 6.08 Å². The molecule has 0 aromatic carbocycles. The Balaban J connectivity index is 2.30. The molecule has 1 aliphatic heterocycles. The third kappa shape index (κ3) is 3.18. The summed E-state index contributed by atoms with van der Waals surface area (Å²) < 4.78 is 4.86. The molecule has 3 N–H and O–H groups in total. The number of hydrogen-bond acceptors (Lipinski definition) is 5. The van der Waals surface area contributed by atoms with Crippen molar-refractivity contribution in [3.05, 3.63) is 45.0 Å². The van der Waals surface area contributed by atoms with Gasteiger partial charge in [0.15, 0.2) is 6.04 Å². The number of methoxy groups -OCH3 is 1. The van der Waals surface area contributed by atoms with Gasteiger partial charge in [-0.3, -0.25) is 9.59 Å². The van der Waals surface area contributed by atoms with Crippen LogP contribution in [-0.4, -0.2) is 31.2 Å². The first-order valence-electron chi connectivity index (χ1n) is 6.80. The molecule has 7 nitrogen and oxygen atoms in total. The lowest BCUT2D eigenvalue weighted by atomic mass is 9.93. The molecular weight excluding hydrogens is 284 g/mol. The maximum atomic E-state index is 12.2. The van der Waals surface area contributed by atoms with Gasteiger partial charge in [0.05, 0.1) is 19.1 Å². The number of ether oxygens (including phenoxy) is 1. The van der Waals surface area contributed by atoms with E-state index in [1.807, 2.05) is 0 Å². The molecule has 115 valence electrons. The van der Waals surface area contributed by atoms with Crippen molar-refractivity contribution in [2.24, 2.45) is 0 Å². The lowest BCUT2D eigenvalue weighted by Crippen LogP contribution is -2.32. The second kappa shape index (κ2) is 6.91. The fourth-order valence-corrected chi connectivity index (χ4v) is 2.33. The summed E-state index contributed by atoms with van der Waals surface area (Å²) in [6.45, 7) is 2.54. The molecule has 0 spiro atoms. The zero-order chi connectivity index (χ0) is 16.1. The molecule has 0 saturated heterocycles. The van der Waals surface area contributed by atoms with Crippen LogP contribution in [0.15, 0.2) is 11.0 Å². The van der Waals surface area contributed by atoms with E-state index in [1.54, 1.807) is 26.3 Å². The van der Waals surface area contributed by atoms with Gasteiger partial charge in [-0.1, -0.05) is 0 Å². The third-order valence-electron chi connectivity index (χ3n) is 3.42. The van der Waals surface area contributed by atoms with E-state index in [1.165, 1.54) is 0 Å². The van der Waals surface area contributed by atoms with E-state index < -0.39 is 0 Å². The number of nitrogens with zero attached hydrogens (tertiary/aromatic N) is 1. The van der Waals surface area contributed by atoms with Crippen molar-refractivity contribution in [3.63, 3.8) is 0 Å². The van der Waals surface area contributed by atoms with Gasteiger partial charge < -0.3 is 20.4 Å². The molecule has 0 unspecified atom stereocenters. The van der Waals surface area contributed by atoms with Crippen LogP contribution < -0.4 is 16.2 Å². The summed E-state index contributed by atoms with van der Waals surface area (Å²) in [5.41, 5.74) is 1.88. The minimum atomic E-state index is -0.318. The van der Waals surface area contributed by atoms with Crippen molar-refractivity contribution < 1.29 is 9.53 Å². The van der Waals surface area contributed by atoms with Gasteiger partial charge in [0, 0.05) is 36.7 Å². The summed E-state index contributed by atoms with van der Waals surface area (Å²) >= 11 is 0. The van der Waals surface area contributed by atoms with Crippen molar-refractivity contribution in [2.75, 3.05) is 20.3 Å². The smallest absolute Gasteiger partial charge is 0.252 e. The molecule has 1 amide bonds. The monoisotopic (exact) mass is 301 g/mol. The fourth-order valence-electron chi connectivity index (χ4n) is 2.33. The zero-order valence-electron chi connectivity index (χ0n) is 12.4. The number of carbonyl (C=O) groups excluding carboxylic acids is 1. The van der Waals surface area contributed by atoms with Crippen LogP contribution >= 0.6 is 0 Å². The minimum Gasteiger partial charge on any atom is -0.383 e. The van der Waals surface area contributed by atoms with E-state index in [0.717, 1.165) is 0 Å². The summed E-state index contributed by atoms with van der Waals surface area (Å²) in [6, 6.07) is 2.41. The zero-order valence-corrected chi connectivity index (χ0v) is 12.4. The lowest BCUT2D eigenvalue weighted by molar-refractivity contribution is -0.120. The molecule has 2 rings (SSSR count). The van der Waals surface area contributed by atoms with Crippen molar-refractivity contribution >= 4 is 12.0 Å². The highest BCUT2D eigenvalue weighted by Gasteiger charge is 2.24. The number of hydrogen-bond donors (Lipinski definition) is 3. The van der Waals surface area contributed by atoms with Crippen LogP contribution in [0.1, 0.15) is 22.4 Å². The first kappa shape index (κ1) is 15.8. The topological polar surface area (TPSA) is 107 Å². The third-order valence-corrected chi connectivity index (χ3v) is 3.42. The second-order valence-corrected chi connectivity index (χ2v) is 4.83. The normalized spacial score (nSPS) is 13.1. The van der Waals surface area contributed by atoms with Gasteiger partial charge in [-0.2, -0.15) is 5.26 Å². The van der Waals surface area contributed by atoms with Crippen molar-refractivity contribution in [2.45, 2.75) is 13.3 Å². The molecular formula is C15H17N4O3. The van der Waals surface area contributed by atoms with Crippen LogP contribution in [0.4, 0.5) is 0 Å². The highest BCUT2D eigenvalue weighted by Crippen LogP contribution is 2.24. The number of nitrogens with one attached hydrogen (secondary N) is 3. The Morgan fingerprint density at radius 1 is 1.50 bits per heavy atom. The number of amides is 1. The van der Waals surface area contributed by atoms with E-state index in [4.69, 9.17) is 4.74 Å². The highest BCUT2D eigenvalue weighted by atomic mass is 16.5. The number of nitriles is 1. The van der Waals surface area contributed by atoms with Gasteiger partial charge >= 0.3 is 0 Å². The largest absolute Gasteiger partial charge is 0.383 e. The molecule has 1 aliphatic rings. The number of aromatic amines is 1. The molecule has 0 bridgehead atoms. The van der Waals surface area contributed by atoms with Gasteiger partial charge in [-0.15, -0.1) is 0 Å². The molecule has 2 heterocycles. The van der Waals surface area contributed by atoms with Crippen molar-refractivity contribution in [3.8, 4) is 6.07 Å². The predicted octanol–water partition coefficient (Wildman–Crippen LogP) is -0.0340. The van der Waals surface area contributed by atoms with E-state index in [2.05, 4.69) is 21.7 Å². The van der Waals surface area contributed by atoms with E-state index in [0.29, 0.717) is 41.6 Å². The Labute approximate surface area is 128 Å². The number of fused-ring (bicyclic) bond motifs is 1. The number of aromatic nitrogens is 1. The molecule has 1 aromatic heterocycles. The van der Waals surface area contributed by atoms with Crippen LogP contribution in [0, 0.1) is 24.3 Å². The first-order chi connectivity index (χ1) is 10.6. The highest BCUT2D eigenvalue weighted by molar-refractivity contribution is 5.79. The van der Waals surface area contributed by atoms with Crippen molar-refractivity contribution in [1.82, 2.24) is 15.6 Å². The summed E-state index contributed by atoms with van der Waals surface area (Å²) in [6.07, 6.45) is 3.24. The van der Waals surface area contributed by atoms with Crippen LogP contribution in [0.2, 0.25) is 0 Å². The van der Waals surface area contributed by atoms with Gasteiger partial charge in [0.2, 0.25) is 5.91 Å². The molecule has 7 heteroatoms. The summed E-state index contributed by atoms with van der Waals surface area (Å²) in [4.78, 5) is 26.8. The van der Waals surface area contributed by atoms with Gasteiger partial charge in [-0.05, 0) is 18.6 Å². The summed E-state index contributed by atoms with van der Waals surface area (Å²) in [7, 11) is 1.55. The van der Waals surface area contributed by atoms with Crippen LogP contribution in [-0.2, 0) is 16.0 Å². The van der Waals surface area contributed by atoms with E-state index in [-0.39, 0.29) is 17.9 Å². The summed E-state index contributed by atoms with van der Waals surface area (Å²) in [5, 5.41) is 14.7. The molecule has 0 aliphatic carbocycles. The molecule has 1 radical (unpaired) electrons. The quantitative estimate of drug-likeness (QED) is 0.662. The van der Waals surface area contributed by atoms with Gasteiger partial charge in [0.25, 0.3) is 5.56 Å². The summed E-state index contributed by atoms with van der Waals surface area (Å²) in [5.74, 6) is -0.261. The maximum Gasteiger partial charge on any atom is 0.252 e. The van der Waals surface area contributed by atoms with Gasteiger partial charge in [0.1, 0.15) is 0 Å². The first-order valence-corrected chi connectivity index (χ1v) is 6.80. The maximum absolute atomic E-state index is 12.2.